The summed E-state index contributed by atoms with van der Waals surface area (Å²) in [6, 6.07) is 4.38. The maximum absolute atomic E-state index is 5.36. The Hall–Kier alpha value is -0.780. The van der Waals surface area contributed by atoms with Gasteiger partial charge < -0.3 is 5.43 Å². The van der Waals surface area contributed by atoms with Crippen molar-refractivity contribution in [2.24, 2.45) is 5.84 Å². The Bertz CT molecular complexity index is 319. The standard InChI is InChI=1S/C11H20N4S/c1-9(8-16-3)15(2)7-11-6-10(14-12)4-5-13-11/h4-6,9H,7-8,12H2,1-3H3,(H,13,14). The topological polar surface area (TPSA) is 54.2 Å². The Morgan fingerprint density at radius 1 is 1.62 bits per heavy atom. The Morgan fingerprint density at radius 3 is 3.00 bits per heavy atom. The van der Waals surface area contributed by atoms with Crippen LogP contribution >= 0.6 is 11.8 Å². The second-order valence-electron chi connectivity index (χ2n) is 3.90. The molecule has 0 saturated heterocycles. The molecule has 1 aromatic rings. The number of hydrogen-bond acceptors (Lipinski definition) is 5. The minimum absolute atomic E-state index is 0.547. The molecule has 0 aliphatic heterocycles. The van der Waals surface area contributed by atoms with E-state index in [2.05, 4.69) is 35.5 Å². The number of nitrogens with two attached hydrogens (primary N) is 1. The molecule has 1 rings (SSSR count). The summed E-state index contributed by atoms with van der Waals surface area (Å²) in [5, 5.41) is 0. The zero-order chi connectivity index (χ0) is 12.0. The summed E-state index contributed by atoms with van der Waals surface area (Å²) in [5.74, 6) is 6.49. The first kappa shape index (κ1) is 13.3. The predicted molar refractivity (Wildman–Crippen MR) is 71.4 cm³/mol. The van der Waals surface area contributed by atoms with Crippen LogP contribution in [0.2, 0.25) is 0 Å². The second-order valence-corrected chi connectivity index (χ2v) is 4.81. The summed E-state index contributed by atoms with van der Waals surface area (Å²) in [6.07, 6.45) is 3.90. The van der Waals surface area contributed by atoms with Crippen molar-refractivity contribution in [2.75, 3.05) is 24.5 Å². The molecular formula is C11H20N4S. The van der Waals surface area contributed by atoms with Crippen LogP contribution in [0.1, 0.15) is 12.6 Å². The fraction of sp³-hybridized carbons (Fsp3) is 0.545. The summed E-state index contributed by atoms with van der Waals surface area (Å²) in [5.41, 5.74) is 4.56. The molecule has 4 nitrogen and oxygen atoms in total. The highest BCUT2D eigenvalue weighted by atomic mass is 32.2. The molecule has 1 unspecified atom stereocenters. The zero-order valence-corrected chi connectivity index (χ0v) is 10.9. The molecule has 1 aromatic heterocycles. The largest absolute Gasteiger partial charge is 0.324 e. The number of hydrogen-bond donors (Lipinski definition) is 2. The molecule has 0 aliphatic rings. The van der Waals surface area contributed by atoms with Gasteiger partial charge in [-0.1, -0.05) is 0 Å². The van der Waals surface area contributed by atoms with Gasteiger partial charge in [-0.3, -0.25) is 15.7 Å². The monoisotopic (exact) mass is 240 g/mol. The molecule has 0 radical (unpaired) electrons. The minimum atomic E-state index is 0.547. The van der Waals surface area contributed by atoms with Crippen molar-refractivity contribution in [1.82, 2.24) is 9.88 Å². The summed E-state index contributed by atoms with van der Waals surface area (Å²) >= 11 is 1.86. The van der Waals surface area contributed by atoms with Gasteiger partial charge in [0.1, 0.15) is 0 Å². The van der Waals surface area contributed by atoms with Crippen molar-refractivity contribution in [1.29, 1.82) is 0 Å². The highest BCUT2D eigenvalue weighted by Gasteiger charge is 2.09. The first-order valence-corrected chi connectivity index (χ1v) is 6.67. The van der Waals surface area contributed by atoms with Crippen molar-refractivity contribution in [2.45, 2.75) is 19.5 Å². The fourth-order valence-corrected chi connectivity index (χ4v) is 2.17. The molecule has 1 heterocycles. The number of anilines is 1. The molecule has 90 valence electrons. The van der Waals surface area contributed by atoms with Crippen LogP contribution in [0, 0.1) is 0 Å². The molecule has 0 aromatic carbocycles. The molecule has 16 heavy (non-hydrogen) atoms. The zero-order valence-electron chi connectivity index (χ0n) is 10.1. The molecule has 0 amide bonds. The number of thioether (sulfide) groups is 1. The van der Waals surface area contributed by atoms with Crippen LogP contribution in [0.4, 0.5) is 5.69 Å². The first-order valence-electron chi connectivity index (χ1n) is 5.28. The van der Waals surface area contributed by atoms with Crippen LogP contribution < -0.4 is 11.3 Å². The summed E-state index contributed by atoms with van der Waals surface area (Å²) in [4.78, 5) is 6.62. The first-order chi connectivity index (χ1) is 7.67. The minimum Gasteiger partial charge on any atom is -0.324 e. The number of hydrazine groups is 1. The maximum atomic E-state index is 5.36. The Morgan fingerprint density at radius 2 is 2.38 bits per heavy atom. The normalized spacial score (nSPS) is 12.8. The van der Waals surface area contributed by atoms with Gasteiger partial charge in [0.25, 0.3) is 0 Å². The van der Waals surface area contributed by atoms with Gasteiger partial charge in [-0.05, 0) is 32.4 Å². The smallest absolute Gasteiger partial charge is 0.0564 e. The molecule has 0 aliphatic carbocycles. The van der Waals surface area contributed by atoms with E-state index in [1.54, 1.807) is 6.20 Å². The maximum Gasteiger partial charge on any atom is 0.0564 e. The lowest BCUT2D eigenvalue weighted by molar-refractivity contribution is 0.266. The van der Waals surface area contributed by atoms with Crippen LogP contribution in [0.3, 0.4) is 0 Å². The van der Waals surface area contributed by atoms with E-state index in [-0.39, 0.29) is 0 Å². The molecule has 0 bridgehead atoms. The van der Waals surface area contributed by atoms with Gasteiger partial charge in [0.05, 0.1) is 11.4 Å². The Kier molecular flexibility index (Phi) is 5.59. The second kappa shape index (κ2) is 6.73. The van der Waals surface area contributed by atoms with Crippen LogP contribution in [0.25, 0.3) is 0 Å². The number of nitrogens with one attached hydrogen (secondary N) is 1. The average Bonchev–Trinajstić information content (AvgIpc) is 2.29. The Balaban J connectivity index is 2.58. The lowest BCUT2D eigenvalue weighted by Crippen LogP contribution is -2.30. The van der Waals surface area contributed by atoms with Crippen LogP contribution in [0.15, 0.2) is 18.3 Å². The van der Waals surface area contributed by atoms with Crippen LogP contribution in [0.5, 0.6) is 0 Å². The van der Waals surface area contributed by atoms with E-state index in [0.717, 1.165) is 23.7 Å². The van der Waals surface area contributed by atoms with Crippen molar-refractivity contribution < 1.29 is 0 Å². The fourth-order valence-electron chi connectivity index (χ4n) is 1.43. The number of rotatable bonds is 6. The van der Waals surface area contributed by atoms with Crippen molar-refractivity contribution in [3.05, 3.63) is 24.0 Å². The van der Waals surface area contributed by atoms with E-state index < -0.39 is 0 Å². The molecule has 3 N–H and O–H groups in total. The van der Waals surface area contributed by atoms with E-state index >= 15 is 0 Å². The molecule has 0 saturated carbocycles. The van der Waals surface area contributed by atoms with Crippen molar-refractivity contribution >= 4 is 17.4 Å². The molecule has 5 heteroatoms. The molecule has 0 spiro atoms. The highest BCUT2D eigenvalue weighted by molar-refractivity contribution is 7.98. The van der Waals surface area contributed by atoms with Crippen LogP contribution in [-0.4, -0.2) is 35.0 Å². The predicted octanol–water partition coefficient (Wildman–Crippen LogP) is 1.55. The summed E-state index contributed by atoms with van der Waals surface area (Å²) in [6.45, 7) is 3.07. The molecular weight excluding hydrogens is 220 g/mol. The summed E-state index contributed by atoms with van der Waals surface area (Å²) in [7, 11) is 2.12. The number of nitrogens with zero attached hydrogens (tertiary/aromatic N) is 2. The van der Waals surface area contributed by atoms with Gasteiger partial charge >= 0.3 is 0 Å². The lowest BCUT2D eigenvalue weighted by Gasteiger charge is -2.23. The average molecular weight is 240 g/mol. The number of pyridine rings is 1. The Labute approximate surface area is 102 Å². The van der Waals surface area contributed by atoms with Gasteiger partial charge in [0, 0.05) is 24.5 Å². The van der Waals surface area contributed by atoms with Gasteiger partial charge in [0.2, 0.25) is 0 Å². The van der Waals surface area contributed by atoms with E-state index in [0.29, 0.717) is 6.04 Å². The van der Waals surface area contributed by atoms with Crippen molar-refractivity contribution in [3.8, 4) is 0 Å². The number of nitrogen functional groups attached to an aromatic ring is 1. The van der Waals surface area contributed by atoms with Crippen LogP contribution in [-0.2, 0) is 6.54 Å². The van der Waals surface area contributed by atoms with Gasteiger partial charge in [-0.25, -0.2) is 0 Å². The van der Waals surface area contributed by atoms with E-state index in [1.165, 1.54) is 0 Å². The SMILES string of the molecule is CSCC(C)N(C)Cc1cc(NN)ccn1. The van der Waals surface area contributed by atoms with E-state index in [9.17, 15) is 0 Å². The van der Waals surface area contributed by atoms with E-state index in [1.807, 2.05) is 23.9 Å². The van der Waals surface area contributed by atoms with Crippen molar-refractivity contribution in [3.63, 3.8) is 0 Å². The third-order valence-corrected chi connectivity index (χ3v) is 3.37. The lowest BCUT2D eigenvalue weighted by atomic mass is 10.2. The number of aromatic nitrogens is 1. The van der Waals surface area contributed by atoms with Gasteiger partial charge in [0.15, 0.2) is 0 Å². The van der Waals surface area contributed by atoms with E-state index in [4.69, 9.17) is 5.84 Å². The molecule has 1 atom stereocenters. The highest BCUT2D eigenvalue weighted by Crippen LogP contribution is 2.11. The third-order valence-electron chi connectivity index (χ3n) is 2.55. The third kappa shape index (κ3) is 4.00. The quantitative estimate of drug-likeness (QED) is 0.583. The van der Waals surface area contributed by atoms with Gasteiger partial charge in [-0.2, -0.15) is 11.8 Å². The summed E-state index contributed by atoms with van der Waals surface area (Å²) < 4.78 is 0. The molecule has 0 fully saturated rings. The van der Waals surface area contributed by atoms with Gasteiger partial charge in [-0.15, -0.1) is 0 Å².